The van der Waals surface area contributed by atoms with Gasteiger partial charge in [-0.05, 0) is 80.6 Å². The van der Waals surface area contributed by atoms with Gasteiger partial charge in [0.05, 0.1) is 21.3 Å². The summed E-state index contributed by atoms with van der Waals surface area (Å²) in [5.74, 6) is -1.84. The molecule has 0 spiro atoms. The van der Waals surface area contributed by atoms with Gasteiger partial charge in [-0.25, -0.2) is 9.38 Å². The first-order valence-corrected chi connectivity index (χ1v) is 14.9. The molecule has 3 aromatic rings. The van der Waals surface area contributed by atoms with E-state index in [0.717, 1.165) is 25.7 Å². The van der Waals surface area contributed by atoms with Gasteiger partial charge < -0.3 is 10.6 Å². The number of rotatable bonds is 7. The predicted octanol–water partition coefficient (Wildman–Crippen LogP) is 7.88. The van der Waals surface area contributed by atoms with Crippen LogP contribution in [0.15, 0.2) is 71.7 Å². The second-order valence-electron chi connectivity index (χ2n) is 11.4. The summed E-state index contributed by atoms with van der Waals surface area (Å²) in [6.45, 7) is 2.00. The number of nitrogens with one attached hydrogen (secondary N) is 2. The van der Waals surface area contributed by atoms with Crippen molar-refractivity contribution in [2.45, 2.75) is 57.9 Å². The number of carbonyl (C=O) groups excluding carboxylic acids is 3. The molecule has 0 aliphatic heterocycles. The summed E-state index contributed by atoms with van der Waals surface area (Å²) in [6.07, 6.45) is 5.07. The van der Waals surface area contributed by atoms with E-state index in [-0.39, 0.29) is 39.4 Å². The normalized spacial score (nSPS) is 19.9. The van der Waals surface area contributed by atoms with Crippen molar-refractivity contribution >= 4 is 52.3 Å². The lowest BCUT2D eigenvalue weighted by atomic mass is 9.79. The minimum atomic E-state index is -0.552. The molecule has 218 valence electrons. The van der Waals surface area contributed by atoms with E-state index >= 15 is 4.39 Å². The molecular weight excluding hydrogens is 576 g/mol. The van der Waals surface area contributed by atoms with Gasteiger partial charge in [0.1, 0.15) is 5.82 Å². The van der Waals surface area contributed by atoms with Gasteiger partial charge in [0.15, 0.2) is 0 Å². The number of hydrogen-bond donors (Lipinski definition) is 2. The second-order valence-corrected chi connectivity index (χ2v) is 12.1. The van der Waals surface area contributed by atoms with E-state index in [2.05, 4.69) is 15.6 Å². The van der Waals surface area contributed by atoms with Crippen molar-refractivity contribution in [1.29, 1.82) is 0 Å². The van der Waals surface area contributed by atoms with Crippen LogP contribution in [0.5, 0.6) is 0 Å². The highest BCUT2D eigenvalue weighted by atomic mass is 35.5. The highest BCUT2D eigenvalue weighted by Gasteiger charge is 2.39. The second kappa shape index (κ2) is 12.8. The minimum Gasteiger partial charge on any atom is -0.349 e. The van der Waals surface area contributed by atoms with Crippen LogP contribution in [0.3, 0.4) is 0 Å². The molecule has 2 fully saturated rings. The van der Waals surface area contributed by atoms with Crippen LogP contribution in [0.4, 0.5) is 10.1 Å². The SMILES string of the molecule is CC1(C(=NC(=O)[C@H]2CC[C@@H](NC(=O)c3ccc(C(=O)Nc4ccccc4)cc3)C2)c2c(F)ccc(Cl)c2Cl)CCCC1. The number of aliphatic imine (C=N–C) groups is 1. The van der Waals surface area contributed by atoms with Crippen LogP contribution in [0, 0.1) is 17.2 Å². The fourth-order valence-corrected chi connectivity index (χ4v) is 6.33. The summed E-state index contributed by atoms with van der Waals surface area (Å²) in [5.41, 5.74) is 1.51. The maximum absolute atomic E-state index is 15.1. The van der Waals surface area contributed by atoms with Crippen LogP contribution in [0.2, 0.25) is 10.0 Å². The van der Waals surface area contributed by atoms with Gasteiger partial charge in [-0.2, -0.15) is 0 Å². The summed E-state index contributed by atoms with van der Waals surface area (Å²) in [4.78, 5) is 43.4. The molecule has 2 aliphatic carbocycles. The van der Waals surface area contributed by atoms with Gasteiger partial charge in [0, 0.05) is 34.2 Å². The molecule has 0 saturated heterocycles. The number of nitrogens with zero attached hydrogens (tertiary/aromatic N) is 1. The lowest BCUT2D eigenvalue weighted by Gasteiger charge is -2.27. The monoisotopic (exact) mass is 607 g/mol. The Hall–Kier alpha value is -3.55. The summed E-state index contributed by atoms with van der Waals surface area (Å²) in [5, 5.41) is 6.10. The molecule has 0 aromatic heterocycles. The smallest absolute Gasteiger partial charge is 0.255 e. The van der Waals surface area contributed by atoms with Gasteiger partial charge in [-0.1, -0.05) is 61.2 Å². The third-order valence-electron chi connectivity index (χ3n) is 8.34. The van der Waals surface area contributed by atoms with Gasteiger partial charge in [0.25, 0.3) is 11.8 Å². The summed E-state index contributed by atoms with van der Waals surface area (Å²) >= 11 is 12.7. The Morgan fingerprint density at radius 2 is 1.52 bits per heavy atom. The lowest BCUT2D eigenvalue weighted by Crippen LogP contribution is -2.33. The Balaban J connectivity index is 1.24. The van der Waals surface area contributed by atoms with Crippen LogP contribution < -0.4 is 10.6 Å². The molecule has 0 heterocycles. The van der Waals surface area contributed by atoms with E-state index in [4.69, 9.17) is 23.2 Å². The Bertz CT molecular complexity index is 1520. The molecule has 0 radical (unpaired) electrons. The molecule has 5 rings (SSSR count). The van der Waals surface area contributed by atoms with Crippen molar-refractivity contribution in [2.24, 2.45) is 16.3 Å². The summed E-state index contributed by atoms with van der Waals surface area (Å²) in [7, 11) is 0. The molecule has 2 aliphatic rings. The van der Waals surface area contributed by atoms with E-state index in [1.165, 1.54) is 12.1 Å². The topological polar surface area (TPSA) is 87.6 Å². The van der Waals surface area contributed by atoms with Crippen molar-refractivity contribution in [3.8, 4) is 0 Å². The first-order valence-electron chi connectivity index (χ1n) is 14.2. The maximum atomic E-state index is 15.1. The molecule has 2 N–H and O–H groups in total. The quantitative estimate of drug-likeness (QED) is 0.211. The van der Waals surface area contributed by atoms with E-state index < -0.39 is 17.2 Å². The number of anilines is 1. The van der Waals surface area contributed by atoms with Crippen LogP contribution in [0.1, 0.15) is 78.1 Å². The van der Waals surface area contributed by atoms with Crippen molar-refractivity contribution in [2.75, 3.05) is 5.32 Å². The fraction of sp³-hybridized carbons (Fsp3) is 0.333. The average Bonchev–Trinajstić information content (AvgIpc) is 3.65. The summed E-state index contributed by atoms with van der Waals surface area (Å²) < 4.78 is 15.1. The molecular formula is C33H32Cl2FN3O3. The van der Waals surface area contributed by atoms with Gasteiger partial charge >= 0.3 is 0 Å². The van der Waals surface area contributed by atoms with Crippen molar-refractivity contribution in [1.82, 2.24) is 5.32 Å². The minimum absolute atomic E-state index is 0.0662. The summed E-state index contributed by atoms with van der Waals surface area (Å²) in [6, 6.07) is 18.0. The number of halogens is 3. The van der Waals surface area contributed by atoms with Crippen molar-refractivity contribution in [3.05, 3.63) is 99.3 Å². The van der Waals surface area contributed by atoms with E-state index in [0.29, 0.717) is 41.8 Å². The van der Waals surface area contributed by atoms with Crippen molar-refractivity contribution in [3.63, 3.8) is 0 Å². The number of benzene rings is 3. The molecule has 0 unspecified atom stereocenters. The van der Waals surface area contributed by atoms with Crippen LogP contribution in [0.25, 0.3) is 0 Å². The number of carbonyl (C=O) groups is 3. The average molecular weight is 609 g/mol. The predicted molar refractivity (Wildman–Crippen MR) is 164 cm³/mol. The number of para-hydroxylation sites is 1. The van der Waals surface area contributed by atoms with E-state index in [1.54, 1.807) is 36.4 Å². The molecule has 2 atom stereocenters. The molecule has 2 saturated carbocycles. The Morgan fingerprint density at radius 3 is 2.19 bits per heavy atom. The number of amides is 3. The lowest BCUT2D eigenvalue weighted by molar-refractivity contribution is -0.121. The van der Waals surface area contributed by atoms with Gasteiger partial charge in [-0.15, -0.1) is 0 Å². The Kier molecular flexibility index (Phi) is 9.09. The molecule has 3 aromatic carbocycles. The van der Waals surface area contributed by atoms with Gasteiger partial charge in [-0.3, -0.25) is 14.4 Å². The standard InChI is InChI=1S/C33H32Cl2FN3O3/c1-33(17-5-6-18-33)29(27-26(36)16-15-25(34)28(27)35)39-32(42)22-13-14-24(19-22)38-31(41)21-11-9-20(10-12-21)30(40)37-23-7-3-2-4-8-23/h2-4,7-12,15-16,22,24H,5-6,13-14,17-19H2,1H3,(H,37,40)(H,38,41)/t22-,24+/m0/s1. The van der Waals surface area contributed by atoms with E-state index in [1.807, 2.05) is 25.1 Å². The fourth-order valence-electron chi connectivity index (χ4n) is 5.93. The highest BCUT2D eigenvalue weighted by molar-refractivity contribution is 6.44. The molecule has 42 heavy (non-hydrogen) atoms. The zero-order valence-electron chi connectivity index (χ0n) is 23.3. The largest absolute Gasteiger partial charge is 0.349 e. The molecule has 9 heteroatoms. The molecule has 0 bridgehead atoms. The molecule has 6 nitrogen and oxygen atoms in total. The van der Waals surface area contributed by atoms with E-state index in [9.17, 15) is 14.4 Å². The number of hydrogen-bond acceptors (Lipinski definition) is 3. The third-order valence-corrected chi connectivity index (χ3v) is 9.14. The third kappa shape index (κ3) is 6.58. The van der Waals surface area contributed by atoms with Crippen LogP contribution >= 0.6 is 23.2 Å². The highest BCUT2D eigenvalue weighted by Crippen LogP contribution is 2.44. The van der Waals surface area contributed by atoms with Crippen LogP contribution in [-0.4, -0.2) is 29.5 Å². The Morgan fingerprint density at radius 1 is 0.881 bits per heavy atom. The van der Waals surface area contributed by atoms with Crippen molar-refractivity contribution < 1.29 is 18.8 Å². The van der Waals surface area contributed by atoms with Crippen LogP contribution in [-0.2, 0) is 4.79 Å². The maximum Gasteiger partial charge on any atom is 0.255 e. The first kappa shape index (κ1) is 29.9. The zero-order valence-corrected chi connectivity index (χ0v) is 24.8. The first-order chi connectivity index (χ1) is 20.1. The zero-order chi connectivity index (χ0) is 29.9. The molecule has 3 amide bonds. The van der Waals surface area contributed by atoms with Gasteiger partial charge in [0.2, 0.25) is 5.91 Å². The Labute approximate surface area is 254 Å².